The van der Waals surface area contributed by atoms with Crippen molar-refractivity contribution in [1.29, 1.82) is 0 Å². The second-order valence-electron chi connectivity index (χ2n) is 5.66. The SMILES string of the molecule is Cc1cc(N2CCOCC2)nc(NCCNC(=O)Cn2cncn2)n1. The van der Waals surface area contributed by atoms with Crippen molar-refractivity contribution >= 4 is 17.7 Å². The summed E-state index contributed by atoms with van der Waals surface area (Å²) in [5.74, 6) is 1.34. The van der Waals surface area contributed by atoms with Crippen LogP contribution >= 0.6 is 0 Å². The third-order valence-electron chi connectivity index (χ3n) is 3.68. The highest BCUT2D eigenvalue weighted by Gasteiger charge is 2.14. The van der Waals surface area contributed by atoms with Gasteiger partial charge in [-0.15, -0.1) is 0 Å². The molecule has 1 fully saturated rings. The summed E-state index contributed by atoms with van der Waals surface area (Å²) in [6.45, 7) is 6.18. The minimum absolute atomic E-state index is 0.119. The smallest absolute Gasteiger partial charge is 0.241 e. The Balaban J connectivity index is 1.46. The maximum absolute atomic E-state index is 11.8. The first kappa shape index (κ1) is 17.1. The molecule has 25 heavy (non-hydrogen) atoms. The van der Waals surface area contributed by atoms with Gasteiger partial charge in [-0.05, 0) is 6.92 Å². The average molecular weight is 346 g/mol. The van der Waals surface area contributed by atoms with Gasteiger partial charge >= 0.3 is 0 Å². The number of aromatic nitrogens is 5. The van der Waals surface area contributed by atoms with Gasteiger partial charge in [-0.1, -0.05) is 0 Å². The molecule has 0 saturated carbocycles. The van der Waals surface area contributed by atoms with Crippen molar-refractivity contribution in [1.82, 2.24) is 30.0 Å². The van der Waals surface area contributed by atoms with Crippen molar-refractivity contribution in [3.05, 3.63) is 24.4 Å². The number of ether oxygens (including phenoxy) is 1. The first-order valence-corrected chi connectivity index (χ1v) is 8.22. The highest BCUT2D eigenvalue weighted by Crippen LogP contribution is 2.15. The van der Waals surface area contributed by atoms with Crippen LogP contribution < -0.4 is 15.5 Å². The summed E-state index contributed by atoms with van der Waals surface area (Å²) >= 11 is 0. The van der Waals surface area contributed by atoms with Gasteiger partial charge in [-0.2, -0.15) is 10.1 Å². The maximum Gasteiger partial charge on any atom is 0.241 e. The lowest BCUT2D eigenvalue weighted by atomic mass is 10.3. The average Bonchev–Trinajstić information content (AvgIpc) is 3.12. The highest BCUT2D eigenvalue weighted by molar-refractivity contribution is 5.75. The summed E-state index contributed by atoms with van der Waals surface area (Å²) in [4.78, 5) is 26.7. The zero-order chi connectivity index (χ0) is 17.5. The Morgan fingerprint density at radius 3 is 2.88 bits per heavy atom. The first-order chi connectivity index (χ1) is 12.2. The topological polar surface area (TPSA) is 110 Å². The van der Waals surface area contributed by atoms with E-state index in [1.165, 1.54) is 17.3 Å². The lowest BCUT2D eigenvalue weighted by molar-refractivity contribution is -0.121. The Bertz CT molecular complexity index is 685. The Hall–Kier alpha value is -2.75. The molecule has 0 spiro atoms. The van der Waals surface area contributed by atoms with Crippen LogP contribution in [0.4, 0.5) is 11.8 Å². The molecular weight excluding hydrogens is 324 g/mol. The fraction of sp³-hybridized carbons (Fsp3) is 0.533. The van der Waals surface area contributed by atoms with E-state index < -0.39 is 0 Å². The summed E-state index contributed by atoms with van der Waals surface area (Å²) in [6.07, 6.45) is 2.90. The summed E-state index contributed by atoms with van der Waals surface area (Å²) in [7, 11) is 0. The minimum atomic E-state index is -0.119. The number of anilines is 2. The number of nitrogens with one attached hydrogen (secondary N) is 2. The zero-order valence-electron chi connectivity index (χ0n) is 14.2. The molecule has 134 valence electrons. The van der Waals surface area contributed by atoms with E-state index in [9.17, 15) is 4.79 Å². The van der Waals surface area contributed by atoms with Gasteiger partial charge in [0, 0.05) is 37.9 Å². The van der Waals surface area contributed by atoms with Crippen LogP contribution in [-0.4, -0.2) is 70.0 Å². The summed E-state index contributed by atoms with van der Waals surface area (Å²) < 4.78 is 6.84. The molecule has 3 heterocycles. The highest BCUT2D eigenvalue weighted by atomic mass is 16.5. The van der Waals surface area contributed by atoms with Crippen molar-refractivity contribution in [2.45, 2.75) is 13.5 Å². The van der Waals surface area contributed by atoms with E-state index in [0.29, 0.717) is 32.3 Å². The van der Waals surface area contributed by atoms with Gasteiger partial charge in [0.05, 0.1) is 13.2 Å². The number of hydrogen-bond donors (Lipinski definition) is 2. The van der Waals surface area contributed by atoms with Gasteiger partial charge < -0.3 is 20.3 Å². The third kappa shape index (κ3) is 5.11. The molecule has 2 N–H and O–H groups in total. The van der Waals surface area contributed by atoms with Crippen LogP contribution in [0.25, 0.3) is 0 Å². The fourth-order valence-electron chi connectivity index (χ4n) is 2.48. The lowest BCUT2D eigenvalue weighted by Crippen LogP contribution is -2.37. The molecular formula is C15H22N8O2. The van der Waals surface area contributed by atoms with Crippen molar-refractivity contribution in [3.63, 3.8) is 0 Å². The van der Waals surface area contributed by atoms with Crippen LogP contribution in [-0.2, 0) is 16.1 Å². The molecule has 0 radical (unpaired) electrons. The second-order valence-corrected chi connectivity index (χ2v) is 5.66. The van der Waals surface area contributed by atoms with Crippen LogP contribution in [0.5, 0.6) is 0 Å². The van der Waals surface area contributed by atoms with Gasteiger partial charge in [0.2, 0.25) is 11.9 Å². The molecule has 10 nitrogen and oxygen atoms in total. The predicted octanol–water partition coefficient (Wildman–Crippen LogP) is -0.559. The van der Waals surface area contributed by atoms with Gasteiger partial charge in [-0.25, -0.2) is 14.6 Å². The maximum atomic E-state index is 11.8. The predicted molar refractivity (Wildman–Crippen MR) is 91.3 cm³/mol. The number of carbonyl (C=O) groups excluding carboxylic acids is 1. The largest absolute Gasteiger partial charge is 0.378 e. The number of carbonyl (C=O) groups is 1. The summed E-state index contributed by atoms with van der Waals surface area (Å²) in [5, 5.41) is 9.85. The van der Waals surface area contributed by atoms with Crippen LogP contribution in [0.15, 0.2) is 18.7 Å². The molecule has 0 atom stereocenters. The van der Waals surface area contributed by atoms with Crippen LogP contribution in [0.3, 0.4) is 0 Å². The first-order valence-electron chi connectivity index (χ1n) is 8.22. The van der Waals surface area contributed by atoms with Crippen LogP contribution in [0.2, 0.25) is 0 Å². The van der Waals surface area contributed by atoms with E-state index in [0.717, 1.165) is 24.6 Å². The van der Waals surface area contributed by atoms with E-state index in [1.807, 2.05) is 13.0 Å². The summed E-state index contributed by atoms with van der Waals surface area (Å²) in [6, 6.07) is 1.97. The fourth-order valence-corrected chi connectivity index (χ4v) is 2.48. The molecule has 0 aromatic carbocycles. The third-order valence-corrected chi connectivity index (χ3v) is 3.68. The number of morpholine rings is 1. The molecule has 1 saturated heterocycles. The Kier molecular flexibility index (Phi) is 5.73. The number of hydrogen-bond acceptors (Lipinski definition) is 8. The van der Waals surface area contributed by atoms with Gasteiger partial charge in [0.25, 0.3) is 0 Å². The quantitative estimate of drug-likeness (QED) is 0.642. The van der Waals surface area contributed by atoms with Crippen molar-refractivity contribution < 1.29 is 9.53 Å². The van der Waals surface area contributed by atoms with Gasteiger partial charge in [-0.3, -0.25) is 4.79 Å². The van der Waals surface area contributed by atoms with E-state index in [-0.39, 0.29) is 12.5 Å². The minimum Gasteiger partial charge on any atom is -0.378 e. The lowest BCUT2D eigenvalue weighted by Gasteiger charge is -2.28. The van der Waals surface area contributed by atoms with E-state index in [2.05, 4.69) is 35.6 Å². The normalized spacial score (nSPS) is 14.4. The van der Waals surface area contributed by atoms with Crippen LogP contribution in [0, 0.1) is 6.92 Å². The van der Waals surface area contributed by atoms with Crippen molar-refractivity contribution in [2.75, 3.05) is 49.6 Å². The Morgan fingerprint density at radius 2 is 2.12 bits per heavy atom. The molecule has 0 bridgehead atoms. The van der Waals surface area contributed by atoms with Crippen LogP contribution in [0.1, 0.15) is 5.69 Å². The van der Waals surface area contributed by atoms with Crippen molar-refractivity contribution in [3.8, 4) is 0 Å². The number of aryl methyl sites for hydroxylation is 1. The van der Waals surface area contributed by atoms with E-state index >= 15 is 0 Å². The molecule has 1 amide bonds. The zero-order valence-corrected chi connectivity index (χ0v) is 14.2. The Labute approximate surface area is 145 Å². The number of rotatable bonds is 7. The van der Waals surface area contributed by atoms with Crippen molar-refractivity contribution in [2.24, 2.45) is 0 Å². The Morgan fingerprint density at radius 1 is 1.28 bits per heavy atom. The molecule has 10 heteroatoms. The number of amides is 1. The van der Waals surface area contributed by atoms with E-state index in [1.54, 1.807) is 0 Å². The molecule has 1 aliphatic rings. The standard InChI is InChI=1S/C15H22N8O2/c1-12-8-13(22-4-6-25-7-5-22)21-15(20-12)18-3-2-17-14(24)9-23-11-16-10-19-23/h8,10-11H,2-7,9H2,1H3,(H,17,24)(H,18,20,21). The number of nitrogens with zero attached hydrogens (tertiary/aromatic N) is 6. The molecule has 3 rings (SSSR count). The molecule has 2 aromatic heterocycles. The summed E-state index contributed by atoms with van der Waals surface area (Å²) in [5.41, 5.74) is 0.897. The van der Waals surface area contributed by atoms with E-state index in [4.69, 9.17) is 4.74 Å². The second kappa shape index (κ2) is 8.38. The van der Waals surface area contributed by atoms with Gasteiger partial charge in [0.1, 0.15) is 25.0 Å². The molecule has 2 aromatic rings. The molecule has 1 aliphatic heterocycles. The molecule has 0 aliphatic carbocycles. The van der Waals surface area contributed by atoms with Gasteiger partial charge in [0.15, 0.2) is 0 Å². The molecule has 0 unspecified atom stereocenters. The monoisotopic (exact) mass is 346 g/mol.